The Kier molecular flexibility index (Phi) is 7.85. The van der Waals surface area contributed by atoms with Gasteiger partial charge in [-0.1, -0.05) is 48.5 Å². The highest BCUT2D eigenvalue weighted by molar-refractivity contribution is 5.94. The highest BCUT2D eigenvalue weighted by Crippen LogP contribution is 2.23. The van der Waals surface area contributed by atoms with Gasteiger partial charge in [0.25, 0.3) is 5.91 Å². The summed E-state index contributed by atoms with van der Waals surface area (Å²) in [6, 6.07) is 18.0. The molecule has 5 heteroatoms. The van der Waals surface area contributed by atoms with E-state index in [4.69, 9.17) is 4.74 Å². The van der Waals surface area contributed by atoms with E-state index in [1.165, 1.54) is 10.5 Å². The second kappa shape index (κ2) is 10.8. The first-order valence-electron chi connectivity index (χ1n) is 10.6. The van der Waals surface area contributed by atoms with Gasteiger partial charge < -0.3 is 19.9 Å². The van der Waals surface area contributed by atoms with Gasteiger partial charge in [-0.05, 0) is 37.6 Å². The number of ether oxygens (including phenoxy) is 1. The van der Waals surface area contributed by atoms with Crippen LogP contribution in [0.5, 0.6) is 5.75 Å². The topological polar surface area (TPSA) is 47.2 Å². The summed E-state index contributed by atoms with van der Waals surface area (Å²) >= 11 is 0. The molecule has 3 N–H and O–H groups in total. The molecule has 0 spiro atoms. The Hall–Kier alpha value is -2.63. The van der Waals surface area contributed by atoms with Crippen molar-refractivity contribution in [3.8, 4) is 5.75 Å². The van der Waals surface area contributed by atoms with Crippen LogP contribution in [0.3, 0.4) is 0 Å². The number of benzene rings is 2. The van der Waals surface area contributed by atoms with Crippen molar-refractivity contribution >= 4 is 17.7 Å². The molecule has 0 saturated carbocycles. The van der Waals surface area contributed by atoms with Gasteiger partial charge in [0.2, 0.25) is 0 Å². The molecule has 29 heavy (non-hydrogen) atoms. The van der Waals surface area contributed by atoms with Crippen molar-refractivity contribution in [3.05, 3.63) is 66.2 Å². The Labute approximate surface area is 174 Å². The molecule has 1 aliphatic rings. The first kappa shape index (κ1) is 21.1. The molecule has 1 heterocycles. The van der Waals surface area contributed by atoms with E-state index in [1.807, 2.05) is 44.2 Å². The first-order chi connectivity index (χ1) is 14.2. The summed E-state index contributed by atoms with van der Waals surface area (Å²) in [5.74, 6) is 0.782. The largest absolute Gasteiger partial charge is 0.492 e. The molecule has 2 aromatic rings. The average Bonchev–Trinajstić information content (AvgIpc) is 2.76. The summed E-state index contributed by atoms with van der Waals surface area (Å²) in [5.41, 5.74) is 2.00. The van der Waals surface area contributed by atoms with Crippen molar-refractivity contribution in [3.63, 3.8) is 0 Å². The van der Waals surface area contributed by atoms with Gasteiger partial charge in [-0.2, -0.15) is 0 Å². The highest BCUT2D eigenvalue weighted by Gasteiger charge is 2.30. The monoisotopic (exact) mass is 395 g/mol. The molecule has 1 amide bonds. The number of piperazine rings is 1. The van der Waals surface area contributed by atoms with E-state index in [1.54, 1.807) is 4.90 Å². The molecular weight excluding hydrogens is 362 g/mol. The number of rotatable bonds is 8. The number of carbonyl (C=O) groups excluding carboxylic acids is 1. The van der Waals surface area contributed by atoms with Gasteiger partial charge in [0.05, 0.1) is 18.8 Å². The maximum absolute atomic E-state index is 12.8. The molecule has 154 valence electrons. The number of amides is 1. The van der Waals surface area contributed by atoms with Crippen LogP contribution in [0.15, 0.2) is 60.7 Å². The van der Waals surface area contributed by atoms with Gasteiger partial charge in [0.1, 0.15) is 31.9 Å². The molecule has 0 bridgehead atoms. The lowest BCUT2D eigenvalue weighted by molar-refractivity contribution is -1.02. The Balaban J connectivity index is 1.46. The molecule has 0 aromatic heterocycles. The minimum atomic E-state index is -0.0777. The number of quaternary nitrogens is 2. The second-order valence-corrected chi connectivity index (χ2v) is 7.57. The Morgan fingerprint density at radius 1 is 1.07 bits per heavy atom. The normalized spacial score (nSPS) is 20.3. The third-order valence-electron chi connectivity index (χ3n) is 5.57. The van der Waals surface area contributed by atoms with Gasteiger partial charge in [-0.3, -0.25) is 4.79 Å². The van der Waals surface area contributed by atoms with Gasteiger partial charge in [0.15, 0.2) is 6.04 Å². The van der Waals surface area contributed by atoms with E-state index < -0.39 is 0 Å². The zero-order valence-electron chi connectivity index (χ0n) is 17.5. The first-order valence-corrected chi connectivity index (χ1v) is 10.6. The summed E-state index contributed by atoms with van der Waals surface area (Å²) in [6.07, 6.45) is 4.45. The Morgan fingerprint density at radius 3 is 2.48 bits per heavy atom. The molecule has 0 unspecified atom stereocenters. The van der Waals surface area contributed by atoms with Crippen molar-refractivity contribution in [2.75, 3.05) is 44.6 Å². The fourth-order valence-corrected chi connectivity index (χ4v) is 3.77. The van der Waals surface area contributed by atoms with Crippen LogP contribution >= 0.6 is 0 Å². The quantitative estimate of drug-likeness (QED) is 0.622. The van der Waals surface area contributed by atoms with Crippen LogP contribution in [0, 0.1) is 0 Å². The molecule has 1 aliphatic heterocycles. The van der Waals surface area contributed by atoms with Crippen LogP contribution in [0.4, 0.5) is 5.69 Å². The number of hydrogen-bond donors (Lipinski definition) is 3. The Bertz CT molecular complexity index is 799. The van der Waals surface area contributed by atoms with E-state index in [-0.39, 0.29) is 11.9 Å². The lowest BCUT2D eigenvalue weighted by Gasteiger charge is -2.32. The molecule has 2 aromatic carbocycles. The molecule has 3 rings (SSSR count). The highest BCUT2D eigenvalue weighted by atomic mass is 16.5. The lowest BCUT2D eigenvalue weighted by atomic mass is 10.2. The predicted molar refractivity (Wildman–Crippen MR) is 117 cm³/mol. The fraction of sp³-hybridized carbons (Fsp3) is 0.375. The SMILES string of the molecule is CCOc1ccccc1NC(=O)[C@@H](C)[NH+]1CC[NH+](C/C=C/c2ccccc2)CC1. The maximum Gasteiger partial charge on any atom is 0.282 e. The number of carbonyl (C=O) groups is 1. The van der Waals surface area contributed by atoms with Crippen LogP contribution in [0.25, 0.3) is 6.08 Å². The minimum absolute atomic E-state index is 0.0552. The van der Waals surface area contributed by atoms with E-state index in [2.05, 4.69) is 41.7 Å². The Morgan fingerprint density at radius 2 is 1.76 bits per heavy atom. The standard InChI is InChI=1S/C24H31N3O2/c1-3-29-23-14-8-7-13-22(23)25-24(28)20(2)27-18-16-26(17-19-27)15-9-12-21-10-5-4-6-11-21/h4-14,20H,3,15-19H2,1-2H3,(H,25,28)/p+2/b12-9+/t20-/m1/s1. The molecule has 0 radical (unpaired) electrons. The van der Waals surface area contributed by atoms with E-state index in [0.717, 1.165) is 44.2 Å². The van der Waals surface area contributed by atoms with E-state index in [9.17, 15) is 4.79 Å². The van der Waals surface area contributed by atoms with Crippen LogP contribution in [-0.2, 0) is 4.79 Å². The van der Waals surface area contributed by atoms with Crippen molar-refractivity contribution in [2.24, 2.45) is 0 Å². The smallest absolute Gasteiger partial charge is 0.282 e. The second-order valence-electron chi connectivity index (χ2n) is 7.57. The number of para-hydroxylation sites is 2. The molecular formula is C24H33N3O2+2. The summed E-state index contributed by atoms with van der Waals surface area (Å²) in [7, 11) is 0. The molecule has 1 atom stereocenters. The summed E-state index contributed by atoms with van der Waals surface area (Å²) in [5, 5.41) is 3.05. The van der Waals surface area contributed by atoms with Crippen molar-refractivity contribution in [1.29, 1.82) is 0 Å². The lowest BCUT2D eigenvalue weighted by Crippen LogP contribution is -3.29. The van der Waals surface area contributed by atoms with Crippen LogP contribution in [0.1, 0.15) is 19.4 Å². The summed E-state index contributed by atoms with van der Waals surface area (Å²) in [6.45, 7) is 9.77. The number of nitrogens with one attached hydrogen (secondary N) is 3. The van der Waals surface area contributed by atoms with Crippen molar-refractivity contribution in [1.82, 2.24) is 0 Å². The van der Waals surface area contributed by atoms with Crippen LogP contribution < -0.4 is 19.9 Å². The zero-order valence-corrected chi connectivity index (χ0v) is 17.5. The minimum Gasteiger partial charge on any atom is -0.492 e. The molecule has 5 nitrogen and oxygen atoms in total. The third-order valence-corrected chi connectivity index (χ3v) is 5.57. The van der Waals surface area contributed by atoms with Gasteiger partial charge >= 0.3 is 0 Å². The van der Waals surface area contributed by atoms with Crippen molar-refractivity contribution < 1.29 is 19.3 Å². The average molecular weight is 396 g/mol. The van der Waals surface area contributed by atoms with Gasteiger partial charge in [-0.25, -0.2) is 0 Å². The molecule has 1 fully saturated rings. The fourth-order valence-electron chi connectivity index (χ4n) is 3.77. The number of hydrogen-bond acceptors (Lipinski definition) is 2. The van der Waals surface area contributed by atoms with Crippen molar-refractivity contribution in [2.45, 2.75) is 19.9 Å². The number of anilines is 1. The van der Waals surface area contributed by atoms with Crippen LogP contribution in [-0.4, -0.2) is 51.3 Å². The molecule has 1 saturated heterocycles. The predicted octanol–water partition coefficient (Wildman–Crippen LogP) is 0.909. The summed E-state index contributed by atoms with van der Waals surface area (Å²) < 4.78 is 5.62. The molecule has 0 aliphatic carbocycles. The van der Waals surface area contributed by atoms with Gasteiger partial charge in [0, 0.05) is 0 Å². The van der Waals surface area contributed by atoms with Gasteiger partial charge in [-0.15, -0.1) is 0 Å². The van der Waals surface area contributed by atoms with E-state index >= 15 is 0 Å². The summed E-state index contributed by atoms with van der Waals surface area (Å²) in [4.78, 5) is 15.7. The van der Waals surface area contributed by atoms with E-state index in [0.29, 0.717) is 6.61 Å². The maximum atomic E-state index is 12.8. The third kappa shape index (κ3) is 6.17. The zero-order chi connectivity index (χ0) is 20.5. The van der Waals surface area contributed by atoms with Crippen LogP contribution in [0.2, 0.25) is 0 Å².